The zero-order valence-electron chi connectivity index (χ0n) is 15.3. The first-order valence-corrected chi connectivity index (χ1v) is 9.38. The Labute approximate surface area is 162 Å². The number of ether oxygens (including phenoxy) is 1. The first-order chi connectivity index (χ1) is 13.8. The van der Waals surface area contributed by atoms with Crippen molar-refractivity contribution in [3.05, 3.63) is 66.5 Å². The van der Waals surface area contributed by atoms with E-state index >= 15 is 0 Å². The number of carbonyl (C=O) groups is 1. The summed E-state index contributed by atoms with van der Waals surface area (Å²) in [5.74, 6) is -0.108. The maximum atomic E-state index is 12.5. The summed E-state index contributed by atoms with van der Waals surface area (Å²) in [7, 11) is 0. The van der Waals surface area contributed by atoms with E-state index < -0.39 is 0 Å². The third kappa shape index (κ3) is 2.97. The van der Waals surface area contributed by atoms with Crippen molar-refractivity contribution in [1.29, 1.82) is 0 Å². The fraction of sp³-hybridized carbons (Fsp3) is 0.182. The maximum absolute atomic E-state index is 12.5. The van der Waals surface area contributed by atoms with E-state index in [1.807, 2.05) is 36.4 Å². The van der Waals surface area contributed by atoms with E-state index in [4.69, 9.17) is 4.74 Å². The largest absolute Gasteiger partial charge is 0.378 e. The lowest BCUT2D eigenvalue weighted by Crippen LogP contribution is -2.36. The van der Waals surface area contributed by atoms with Crippen LogP contribution in [0.25, 0.3) is 16.5 Å². The van der Waals surface area contributed by atoms with Crippen molar-refractivity contribution in [2.24, 2.45) is 0 Å². The van der Waals surface area contributed by atoms with E-state index in [1.54, 1.807) is 12.4 Å². The van der Waals surface area contributed by atoms with Crippen LogP contribution in [0.1, 0.15) is 5.56 Å². The standard InChI is InChI=1S/C22H20N4O2/c27-22-18(21-17-2-1-9-23-19(17)7-8-20(21)25-22)14-24-15-3-5-16(6-4-15)26-10-12-28-13-11-26/h1-9,14,24H,10-13H2,(H,25,27)/b18-14-. The molecule has 0 aliphatic carbocycles. The number of amides is 1. The van der Waals surface area contributed by atoms with Gasteiger partial charge in [-0.05, 0) is 42.5 Å². The first-order valence-electron chi connectivity index (χ1n) is 9.38. The minimum Gasteiger partial charge on any atom is -0.378 e. The Bertz CT molecular complexity index is 1070. The lowest BCUT2D eigenvalue weighted by Gasteiger charge is -2.28. The van der Waals surface area contributed by atoms with E-state index in [1.165, 1.54) is 5.69 Å². The Morgan fingerprint density at radius 1 is 1.07 bits per heavy atom. The highest BCUT2D eigenvalue weighted by Crippen LogP contribution is 2.37. The molecule has 1 saturated heterocycles. The van der Waals surface area contributed by atoms with Crippen molar-refractivity contribution in [3.63, 3.8) is 0 Å². The molecule has 2 aliphatic heterocycles. The van der Waals surface area contributed by atoms with Crippen molar-refractivity contribution in [2.45, 2.75) is 0 Å². The van der Waals surface area contributed by atoms with E-state index in [9.17, 15) is 4.79 Å². The molecule has 6 heteroatoms. The highest BCUT2D eigenvalue weighted by atomic mass is 16.5. The summed E-state index contributed by atoms with van der Waals surface area (Å²) < 4.78 is 5.41. The van der Waals surface area contributed by atoms with Gasteiger partial charge in [-0.3, -0.25) is 9.78 Å². The van der Waals surface area contributed by atoms with Crippen LogP contribution in [-0.2, 0) is 9.53 Å². The molecule has 0 bridgehead atoms. The third-order valence-electron chi connectivity index (χ3n) is 5.17. The zero-order valence-corrected chi connectivity index (χ0v) is 15.3. The molecule has 2 aliphatic rings. The Kier molecular flexibility index (Phi) is 4.18. The van der Waals surface area contributed by atoms with Gasteiger partial charge in [0.1, 0.15) is 0 Å². The lowest BCUT2D eigenvalue weighted by molar-refractivity contribution is -0.110. The Balaban J connectivity index is 1.42. The lowest BCUT2D eigenvalue weighted by atomic mass is 10.0. The molecule has 1 aromatic heterocycles. The number of fused-ring (bicyclic) bond motifs is 3. The molecule has 3 aromatic rings. The SMILES string of the molecule is O=C1Nc2ccc3ncccc3c2/C1=C/Nc1ccc(N2CCOCC2)cc1. The van der Waals surface area contributed by atoms with Crippen molar-refractivity contribution in [2.75, 3.05) is 41.8 Å². The molecular weight excluding hydrogens is 352 g/mol. The predicted molar refractivity (Wildman–Crippen MR) is 111 cm³/mol. The van der Waals surface area contributed by atoms with E-state index in [0.29, 0.717) is 5.57 Å². The number of hydrogen-bond acceptors (Lipinski definition) is 5. The first kappa shape index (κ1) is 16.8. The van der Waals surface area contributed by atoms with Gasteiger partial charge >= 0.3 is 0 Å². The Hall–Kier alpha value is -3.38. The summed E-state index contributed by atoms with van der Waals surface area (Å²) in [6, 6.07) is 16.0. The number of aromatic nitrogens is 1. The highest BCUT2D eigenvalue weighted by molar-refractivity contribution is 6.34. The summed E-state index contributed by atoms with van der Waals surface area (Å²) in [6.45, 7) is 3.36. The number of pyridine rings is 1. The summed E-state index contributed by atoms with van der Waals surface area (Å²) in [5.41, 5.74) is 5.32. The predicted octanol–water partition coefficient (Wildman–Crippen LogP) is 3.48. The molecule has 140 valence electrons. The van der Waals surface area contributed by atoms with Crippen LogP contribution >= 0.6 is 0 Å². The number of nitrogens with one attached hydrogen (secondary N) is 2. The number of benzene rings is 2. The maximum Gasteiger partial charge on any atom is 0.257 e. The summed E-state index contributed by atoms with van der Waals surface area (Å²) >= 11 is 0. The third-order valence-corrected chi connectivity index (χ3v) is 5.17. The molecule has 0 spiro atoms. The second-order valence-corrected chi connectivity index (χ2v) is 6.86. The van der Waals surface area contributed by atoms with Gasteiger partial charge < -0.3 is 20.3 Å². The van der Waals surface area contributed by atoms with Gasteiger partial charge in [-0.2, -0.15) is 0 Å². The molecular formula is C22H20N4O2. The molecule has 0 saturated carbocycles. The quantitative estimate of drug-likeness (QED) is 0.689. The van der Waals surface area contributed by atoms with Crippen LogP contribution in [0.3, 0.4) is 0 Å². The number of morpholine rings is 1. The van der Waals surface area contributed by atoms with Crippen LogP contribution in [0.15, 0.2) is 60.9 Å². The van der Waals surface area contributed by atoms with Gasteiger partial charge in [-0.15, -0.1) is 0 Å². The van der Waals surface area contributed by atoms with Crippen molar-refractivity contribution in [3.8, 4) is 0 Å². The van der Waals surface area contributed by atoms with Crippen LogP contribution in [0, 0.1) is 0 Å². The summed E-state index contributed by atoms with van der Waals surface area (Å²) in [6.07, 6.45) is 3.54. The topological polar surface area (TPSA) is 66.5 Å². The van der Waals surface area contributed by atoms with Crippen LogP contribution < -0.4 is 15.5 Å². The van der Waals surface area contributed by atoms with Crippen LogP contribution in [0.2, 0.25) is 0 Å². The van der Waals surface area contributed by atoms with Gasteiger partial charge in [-0.1, -0.05) is 6.07 Å². The highest BCUT2D eigenvalue weighted by Gasteiger charge is 2.26. The Morgan fingerprint density at radius 3 is 2.71 bits per heavy atom. The average Bonchev–Trinajstić information content (AvgIpc) is 3.09. The van der Waals surface area contributed by atoms with E-state index in [0.717, 1.165) is 54.1 Å². The van der Waals surface area contributed by atoms with Gasteiger partial charge in [0.25, 0.3) is 5.91 Å². The van der Waals surface area contributed by atoms with Gasteiger partial charge in [0.05, 0.1) is 24.3 Å². The van der Waals surface area contributed by atoms with Crippen LogP contribution in [-0.4, -0.2) is 37.2 Å². The van der Waals surface area contributed by atoms with Gasteiger partial charge in [0, 0.05) is 53.5 Å². The zero-order chi connectivity index (χ0) is 18.9. The summed E-state index contributed by atoms with van der Waals surface area (Å²) in [4.78, 5) is 19.2. The normalized spacial score (nSPS) is 17.6. The molecule has 1 amide bonds. The summed E-state index contributed by atoms with van der Waals surface area (Å²) in [5, 5.41) is 7.17. The smallest absolute Gasteiger partial charge is 0.257 e. The van der Waals surface area contributed by atoms with Gasteiger partial charge in [0.2, 0.25) is 0 Å². The van der Waals surface area contributed by atoms with Crippen molar-refractivity contribution >= 4 is 39.4 Å². The van der Waals surface area contributed by atoms with Crippen molar-refractivity contribution in [1.82, 2.24) is 4.98 Å². The molecule has 3 heterocycles. The minimum absolute atomic E-state index is 0.108. The van der Waals surface area contributed by atoms with Gasteiger partial charge in [0.15, 0.2) is 0 Å². The number of anilines is 3. The Morgan fingerprint density at radius 2 is 1.89 bits per heavy atom. The molecule has 0 atom stereocenters. The molecule has 6 nitrogen and oxygen atoms in total. The van der Waals surface area contributed by atoms with Gasteiger partial charge in [-0.25, -0.2) is 0 Å². The molecule has 28 heavy (non-hydrogen) atoms. The van der Waals surface area contributed by atoms with Crippen LogP contribution in [0.5, 0.6) is 0 Å². The minimum atomic E-state index is -0.108. The average molecular weight is 372 g/mol. The van der Waals surface area contributed by atoms with Crippen LogP contribution in [0.4, 0.5) is 17.1 Å². The number of rotatable bonds is 3. The number of carbonyl (C=O) groups excluding carboxylic acids is 1. The molecule has 2 N–H and O–H groups in total. The number of nitrogens with zero attached hydrogens (tertiary/aromatic N) is 2. The fourth-order valence-corrected chi connectivity index (χ4v) is 3.73. The second-order valence-electron chi connectivity index (χ2n) is 6.86. The molecule has 5 rings (SSSR count). The molecule has 2 aromatic carbocycles. The molecule has 0 radical (unpaired) electrons. The molecule has 0 unspecified atom stereocenters. The molecule has 1 fully saturated rings. The fourth-order valence-electron chi connectivity index (χ4n) is 3.73. The monoisotopic (exact) mass is 372 g/mol. The van der Waals surface area contributed by atoms with E-state index in [-0.39, 0.29) is 5.91 Å². The van der Waals surface area contributed by atoms with Crippen molar-refractivity contribution < 1.29 is 9.53 Å². The number of hydrogen-bond donors (Lipinski definition) is 2. The van der Waals surface area contributed by atoms with E-state index in [2.05, 4.69) is 32.7 Å². The second kappa shape index (κ2) is 6.98.